The first kappa shape index (κ1) is 21.7. The van der Waals surface area contributed by atoms with Gasteiger partial charge in [0.2, 0.25) is 0 Å². The number of carbonyl (C=O) groups is 2. The quantitative estimate of drug-likeness (QED) is 0.658. The second-order valence-corrected chi connectivity index (χ2v) is 9.00. The number of halogens is 2. The van der Waals surface area contributed by atoms with Crippen LogP contribution in [-0.4, -0.2) is 25.5 Å². The van der Waals surface area contributed by atoms with Crippen LogP contribution in [0.15, 0.2) is 34.7 Å². The van der Waals surface area contributed by atoms with Crippen molar-refractivity contribution in [2.45, 2.75) is 46.5 Å². The number of hydrogen-bond acceptors (Lipinski definition) is 5. The Morgan fingerprint density at radius 1 is 1.28 bits per heavy atom. The topological polar surface area (TPSA) is 64.6 Å². The highest BCUT2D eigenvalue weighted by atomic mass is 35.5. The van der Waals surface area contributed by atoms with E-state index in [0.717, 1.165) is 5.70 Å². The van der Waals surface area contributed by atoms with Crippen molar-refractivity contribution in [2.75, 3.05) is 13.7 Å². The maximum atomic E-state index is 13.3. The highest BCUT2D eigenvalue weighted by Gasteiger charge is 2.44. The fourth-order valence-electron chi connectivity index (χ4n) is 4.24. The fourth-order valence-corrected chi connectivity index (χ4v) is 4.82. The van der Waals surface area contributed by atoms with Crippen LogP contribution in [0.5, 0.6) is 5.75 Å². The third-order valence-corrected chi connectivity index (χ3v) is 5.79. The minimum Gasteiger partial charge on any atom is -0.495 e. The summed E-state index contributed by atoms with van der Waals surface area (Å²) < 4.78 is 10.9. The molecular weight excluding hydrogens is 413 g/mol. The molecule has 0 unspecified atom stereocenters. The predicted molar refractivity (Wildman–Crippen MR) is 113 cm³/mol. The first-order chi connectivity index (χ1) is 13.6. The lowest BCUT2D eigenvalue weighted by Crippen LogP contribution is -2.38. The summed E-state index contributed by atoms with van der Waals surface area (Å²) in [6.07, 6.45) is 1.07. The predicted octanol–water partition coefficient (Wildman–Crippen LogP) is 5.17. The number of benzene rings is 1. The van der Waals surface area contributed by atoms with E-state index in [4.69, 9.17) is 32.7 Å². The molecule has 0 spiro atoms. The average Bonchev–Trinajstić information content (AvgIpc) is 2.58. The van der Waals surface area contributed by atoms with Gasteiger partial charge >= 0.3 is 5.97 Å². The number of dihydropyridines is 1. The molecule has 0 radical (unpaired) electrons. The van der Waals surface area contributed by atoms with Crippen molar-refractivity contribution in [3.05, 3.63) is 50.3 Å². The maximum Gasteiger partial charge on any atom is 0.336 e. The molecule has 1 atom stereocenters. The molecule has 1 aromatic rings. The van der Waals surface area contributed by atoms with Crippen molar-refractivity contribution in [1.82, 2.24) is 5.32 Å². The summed E-state index contributed by atoms with van der Waals surface area (Å²) in [5, 5.41) is 4.01. The highest BCUT2D eigenvalue weighted by molar-refractivity contribution is 6.35. The minimum absolute atomic E-state index is 0.0128. The normalized spacial score (nSPS) is 20.9. The van der Waals surface area contributed by atoms with E-state index in [1.165, 1.54) is 7.11 Å². The Labute approximate surface area is 181 Å². The van der Waals surface area contributed by atoms with Crippen LogP contribution < -0.4 is 10.1 Å². The lowest BCUT2D eigenvalue weighted by molar-refractivity contribution is -0.138. The molecular formula is C22H25Cl2NO4. The van der Waals surface area contributed by atoms with Gasteiger partial charge in [0, 0.05) is 34.0 Å². The van der Waals surface area contributed by atoms with Crippen molar-refractivity contribution >= 4 is 35.0 Å². The standard InChI is InChI=1S/C22H25Cl2NO4/c1-6-29-21(27)17-11(2)25-15-9-22(3,4)10-16(26)19(15)18(17)13-7-12(23)8-14(24)20(13)28-5/h7-8,18,25H,6,9-10H2,1-5H3/t18-/m0/s1. The second kappa shape index (κ2) is 8.04. The van der Waals surface area contributed by atoms with Gasteiger partial charge in [0.15, 0.2) is 5.78 Å². The molecule has 3 rings (SSSR count). The number of ether oxygens (including phenoxy) is 2. The van der Waals surface area contributed by atoms with Gasteiger partial charge in [-0.2, -0.15) is 0 Å². The summed E-state index contributed by atoms with van der Waals surface area (Å²) in [6, 6.07) is 3.28. The molecule has 0 saturated carbocycles. The molecule has 5 nitrogen and oxygen atoms in total. The molecule has 0 aromatic heterocycles. The molecule has 0 bridgehead atoms. The van der Waals surface area contributed by atoms with E-state index in [9.17, 15) is 9.59 Å². The fraction of sp³-hybridized carbons (Fsp3) is 0.455. The molecule has 0 fully saturated rings. The summed E-state index contributed by atoms with van der Waals surface area (Å²) in [7, 11) is 1.50. The van der Waals surface area contributed by atoms with Crippen molar-refractivity contribution in [3.63, 3.8) is 0 Å². The number of allylic oxidation sites excluding steroid dienone is 3. The third kappa shape index (κ3) is 4.03. The highest BCUT2D eigenvalue weighted by Crippen LogP contribution is 2.50. The smallest absolute Gasteiger partial charge is 0.336 e. The van der Waals surface area contributed by atoms with Crippen molar-refractivity contribution < 1.29 is 19.1 Å². The number of hydrogen-bond donors (Lipinski definition) is 1. The number of rotatable bonds is 4. The number of carbonyl (C=O) groups excluding carboxylic acids is 2. The van der Waals surface area contributed by atoms with Crippen LogP contribution in [0.3, 0.4) is 0 Å². The SMILES string of the molecule is CCOC(=O)C1=C(C)NC2=C(C(=O)CC(C)(C)C2)[C@H]1c1cc(Cl)cc(Cl)c1OC. The minimum atomic E-state index is -0.667. The van der Waals surface area contributed by atoms with Crippen molar-refractivity contribution in [3.8, 4) is 5.75 Å². The number of Topliss-reactive ketones (excluding diaryl/α,β-unsaturated/α-hetero) is 1. The first-order valence-electron chi connectivity index (χ1n) is 9.53. The van der Waals surface area contributed by atoms with Crippen LogP contribution in [0.1, 0.15) is 52.0 Å². The molecule has 1 aliphatic carbocycles. The summed E-state index contributed by atoms with van der Waals surface area (Å²) in [6.45, 7) is 7.90. The van der Waals surface area contributed by atoms with Gasteiger partial charge in [-0.05, 0) is 37.8 Å². The van der Waals surface area contributed by atoms with Gasteiger partial charge in [-0.3, -0.25) is 4.79 Å². The number of esters is 1. The van der Waals surface area contributed by atoms with Crippen LogP contribution in [0.25, 0.3) is 0 Å². The molecule has 1 aliphatic heterocycles. The second-order valence-electron chi connectivity index (χ2n) is 8.16. The van der Waals surface area contributed by atoms with Gasteiger partial charge in [-0.1, -0.05) is 37.0 Å². The zero-order chi connectivity index (χ0) is 21.5. The zero-order valence-electron chi connectivity index (χ0n) is 17.2. The Morgan fingerprint density at radius 2 is 1.97 bits per heavy atom. The number of nitrogens with one attached hydrogen (secondary N) is 1. The van der Waals surface area contributed by atoms with E-state index in [-0.39, 0.29) is 17.8 Å². The van der Waals surface area contributed by atoms with Crippen LogP contribution in [-0.2, 0) is 14.3 Å². The molecule has 2 aliphatic rings. The Bertz CT molecular complexity index is 946. The van der Waals surface area contributed by atoms with E-state index >= 15 is 0 Å². The summed E-state index contributed by atoms with van der Waals surface area (Å²) in [5.74, 6) is -0.770. The van der Waals surface area contributed by atoms with Crippen molar-refractivity contribution in [2.24, 2.45) is 5.41 Å². The zero-order valence-corrected chi connectivity index (χ0v) is 18.8. The monoisotopic (exact) mass is 437 g/mol. The largest absolute Gasteiger partial charge is 0.495 e. The lowest BCUT2D eigenvalue weighted by atomic mass is 9.68. The third-order valence-electron chi connectivity index (χ3n) is 5.29. The molecule has 1 heterocycles. The lowest BCUT2D eigenvalue weighted by Gasteiger charge is -2.39. The molecule has 7 heteroatoms. The number of methoxy groups -OCH3 is 1. The van der Waals surface area contributed by atoms with E-state index < -0.39 is 11.9 Å². The van der Waals surface area contributed by atoms with Gasteiger partial charge in [-0.15, -0.1) is 0 Å². The molecule has 1 aromatic carbocycles. The van der Waals surface area contributed by atoms with Gasteiger partial charge in [0.25, 0.3) is 0 Å². The Kier molecular flexibility index (Phi) is 6.02. The maximum absolute atomic E-state index is 13.3. The van der Waals surface area contributed by atoms with Gasteiger partial charge in [0.1, 0.15) is 5.75 Å². The Hall–Kier alpha value is -1.98. The average molecular weight is 438 g/mol. The van der Waals surface area contributed by atoms with Crippen LogP contribution in [0.4, 0.5) is 0 Å². The molecule has 0 amide bonds. The van der Waals surface area contributed by atoms with Crippen LogP contribution >= 0.6 is 23.2 Å². The van der Waals surface area contributed by atoms with Gasteiger partial charge < -0.3 is 14.8 Å². The van der Waals surface area contributed by atoms with Crippen LogP contribution in [0, 0.1) is 5.41 Å². The molecule has 1 N–H and O–H groups in total. The summed E-state index contributed by atoms with van der Waals surface area (Å²) in [4.78, 5) is 26.2. The van der Waals surface area contributed by atoms with E-state index in [1.807, 2.05) is 6.92 Å². The van der Waals surface area contributed by atoms with Crippen molar-refractivity contribution in [1.29, 1.82) is 0 Å². The first-order valence-corrected chi connectivity index (χ1v) is 10.3. The van der Waals surface area contributed by atoms with E-state index in [1.54, 1.807) is 19.1 Å². The Morgan fingerprint density at radius 3 is 2.59 bits per heavy atom. The Balaban J connectivity index is 2.30. The van der Waals surface area contributed by atoms with E-state index in [2.05, 4.69) is 19.2 Å². The van der Waals surface area contributed by atoms with Gasteiger partial charge in [0.05, 0.1) is 30.2 Å². The van der Waals surface area contributed by atoms with Crippen LogP contribution in [0.2, 0.25) is 10.0 Å². The van der Waals surface area contributed by atoms with E-state index in [0.29, 0.717) is 51.0 Å². The number of ketones is 1. The molecule has 0 saturated heterocycles. The van der Waals surface area contributed by atoms with Gasteiger partial charge in [-0.25, -0.2) is 4.79 Å². The summed E-state index contributed by atoms with van der Waals surface area (Å²) >= 11 is 12.7. The molecule has 156 valence electrons. The molecule has 29 heavy (non-hydrogen) atoms. The summed E-state index contributed by atoms with van der Waals surface area (Å²) in [5.41, 5.74) is 2.79.